The second-order valence-electron chi connectivity index (χ2n) is 8.33. The lowest BCUT2D eigenvalue weighted by Crippen LogP contribution is -2.41. The average molecular weight is 421 g/mol. The van der Waals surface area contributed by atoms with E-state index in [9.17, 15) is 9.59 Å². The number of hydrogen-bond donors (Lipinski definition) is 1. The number of benzene rings is 2. The van der Waals surface area contributed by atoms with Gasteiger partial charge >= 0.3 is 0 Å². The van der Waals surface area contributed by atoms with Gasteiger partial charge in [0.05, 0.1) is 17.1 Å². The zero-order chi connectivity index (χ0) is 21.1. The highest BCUT2D eigenvalue weighted by atomic mass is 32.2. The number of carbonyl (C=O) groups excluding carboxylic acids is 2. The molecule has 4 rings (SSSR count). The van der Waals surface area contributed by atoms with E-state index in [0.29, 0.717) is 17.4 Å². The molecular formula is C25H28N2O2S. The molecular weight excluding hydrogens is 392 g/mol. The summed E-state index contributed by atoms with van der Waals surface area (Å²) in [5.41, 5.74) is 3.15. The standard InChI is InChI=1S/C25H28N2O2S/c1-17-11-13-19(14-12-17)16-27-21-9-5-6-10-22(21)30-23(25(27)29)15-24(28)26-20-8-4-3-7-18(20)2/h5-6,9-15,18,20H,3-4,7-8,16H2,1-2H3,(H,26,28)/b23-15-/t18-,20+/m0/s1. The number of thioether (sulfide) groups is 1. The smallest absolute Gasteiger partial charge is 0.265 e. The SMILES string of the molecule is Cc1ccc(CN2C(=O)/C(=C/C(=O)N[C@@H]3CCCC[C@@H]3C)Sc3ccccc32)cc1. The summed E-state index contributed by atoms with van der Waals surface area (Å²) < 4.78 is 0. The fourth-order valence-electron chi connectivity index (χ4n) is 4.17. The summed E-state index contributed by atoms with van der Waals surface area (Å²) in [5, 5.41) is 3.13. The fraction of sp³-hybridized carbons (Fsp3) is 0.360. The molecule has 2 aliphatic rings. The van der Waals surface area contributed by atoms with Gasteiger partial charge in [0.15, 0.2) is 0 Å². The van der Waals surface area contributed by atoms with Crippen LogP contribution in [0.2, 0.25) is 0 Å². The van der Waals surface area contributed by atoms with Gasteiger partial charge in [0.1, 0.15) is 0 Å². The van der Waals surface area contributed by atoms with Crippen LogP contribution in [0.1, 0.15) is 43.7 Å². The first-order valence-corrected chi connectivity index (χ1v) is 11.5. The molecule has 1 aliphatic carbocycles. The van der Waals surface area contributed by atoms with Crippen LogP contribution in [0.25, 0.3) is 0 Å². The topological polar surface area (TPSA) is 49.4 Å². The van der Waals surface area contributed by atoms with Crippen LogP contribution in [0.4, 0.5) is 5.69 Å². The average Bonchev–Trinajstić information content (AvgIpc) is 2.74. The van der Waals surface area contributed by atoms with Crippen molar-refractivity contribution in [2.75, 3.05) is 4.90 Å². The second kappa shape index (κ2) is 9.09. The van der Waals surface area contributed by atoms with Crippen LogP contribution in [-0.4, -0.2) is 17.9 Å². The quantitative estimate of drug-likeness (QED) is 0.691. The van der Waals surface area contributed by atoms with Gasteiger partial charge in [0, 0.05) is 17.0 Å². The van der Waals surface area contributed by atoms with Crippen LogP contribution < -0.4 is 10.2 Å². The maximum atomic E-state index is 13.3. The van der Waals surface area contributed by atoms with Gasteiger partial charge in [-0.2, -0.15) is 0 Å². The molecule has 2 aromatic carbocycles. The predicted molar refractivity (Wildman–Crippen MR) is 122 cm³/mol. The van der Waals surface area contributed by atoms with Gasteiger partial charge in [-0.25, -0.2) is 0 Å². The molecule has 156 valence electrons. The Morgan fingerprint density at radius 3 is 2.63 bits per heavy atom. The Hall–Kier alpha value is -2.53. The van der Waals surface area contributed by atoms with Crippen molar-refractivity contribution >= 4 is 29.3 Å². The van der Waals surface area contributed by atoms with Crippen LogP contribution in [0.3, 0.4) is 0 Å². The number of anilines is 1. The van der Waals surface area contributed by atoms with E-state index in [2.05, 4.69) is 24.4 Å². The van der Waals surface area contributed by atoms with Crippen molar-refractivity contribution in [2.24, 2.45) is 5.92 Å². The molecule has 0 spiro atoms. The van der Waals surface area contributed by atoms with E-state index in [4.69, 9.17) is 0 Å². The molecule has 1 saturated carbocycles. The molecule has 0 radical (unpaired) electrons. The lowest BCUT2D eigenvalue weighted by Gasteiger charge is -2.31. The van der Waals surface area contributed by atoms with E-state index in [1.54, 1.807) is 4.90 Å². The van der Waals surface area contributed by atoms with Gasteiger partial charge in [-0.3, -0.25) is 9.59 Å². The van der Waals surface area contributed by atoms with E-state index < -0.39 is 0 Å². The minimum atomic E-state index is -0.167. The van der Waals surface area contributed by atoms with Gasteiger partial charge in [-0.1, -0.05) is 73.5 Å². The summed E-state index contributed by atoms with van der Waals surface area (Å²) in [7, 11) is 0. The number of nitrogens with one attached hydrogen (secondary N) is 1. The summed E-state index contributed by atoms with van der Waals surface area (Å²) in [6.07, 6.45) is 6.03. The van der Waals surface area contributed by atoms with Gasteiger partial charge in [0.25, 0.3) is 5.91 Å². The second-order valence-corrected chi connectivity index (χ2v) is 9.42. The lowest BCUT2D eigenvalue weighted by molar-refractivity contribution is -0.119. The summed E-state index contributed by atoms with van der Waals surface area (Å²) in [6, 6.07) is 16.3. The van der Waals surface area contributed by atoms with E-state index in [1.165, 1.54) is 29.8 Å². The lowest BCUT2D eigenvalue weighted by atomic mass is 9.86. The van der Waals surface area contributed by atoms with Crippen LogP contribution in [0.15, 0.2) is 64.4 Å². The zero-order valence-corrected chi connectivity index (χ0v) is 18.4. The Labute approximate surface area is 182 Å². The van der Waals surface area contributed by atoms with Crippen LogP contribution in [-0.2, 0) is 16.1 Å². The summed E-state index contributed by atoms with van der Waals surface area (Å²) in [4.78, 5) is 29.3. The molecule has 4 nitrogen and oxygen atoms in total. The highest BCUT2D eigenvalue weighted by Gasteiger charge is 2.30. The Balaban J connectivity index is 1.57. The van der Waals surface area contributed by atoms with E-state index in [-0.39, 0.29) is 17.9 Å². The summed E-state index contributed by atoms with van der Waals surface area (Å²) >= 11 is 1.38. The maximum Gasteiger partial charge on any atom is 0.265 e. The fourth-order valence-corrected chi connectivity index (χ4v) is 5.20. The molecule has 1 N–H and O–H groups in total. The van der Waals surface area contributed by atoms with Crippen LogP contribution in [0.5, 0.6) is 0 Å². The predicted octanol–water partition coefficient (Wildman–Crippen LogP) is 5.21. The molecule has 1 aliphatic heterocycles. The van der Waals surface area contributed by atoms with Crippen molar-refractivity contribution in [3.63, 3.8) is 0 Å². The van der Waals surface area contributed by atoms with Crippen molar-refractivity contribution in [3.05, 3.63) is 70.6 Å². The third-order valence-electron chi connectivity index (χ3n) is 5.99. The Bertz CT molecular complexity index is 967. The van der Waals surface area contributed by atoms with Crippen molar-refractivity contribution < 1.29 is 9.59 Å². The number of aryl methyl sites for hydroxylation is 1. The van der Waals surface area contributed by atoms with Crippen LogP contribution in [0, 0.1) is 12.8 Å². The van der Waals surface area contributed by atoms with Gasteiger partial charge in [-0.15, -0.1) is 0 Å². The number of hydrogen-bond acceptors (Lipinski definition) is 3. The number of amides is 2. The largest absolute Gasteiger partial charge is 0.350 e. The van der Waals surface area contributed by atoms with Crippen molar-refractivity contribution in [3.8, 4) is 0 Å². The van der Waals surface area contributed by atoms with E-state index >= 15 is 0 Å². The zero-order valence-electron chi connectivity index (χ0n) is 17.6. The molecule has 0 aromatic heterocycles. The molecule has 1 fully saturated rings. The minimum Gasteiger partial charge on any atom is -0.350 e. The molecule has 1 heterocycles. The third kappa shape index (κ3) is 4.62. The van der Waals surface area contributed by atoms with Crippen LogP contribution >= 0.6 is 11.8 Å². The Morgan fingerprint density at radius 1 is 1.13 bits per heavy atom. The normalized spacial score (nSPS) is 22.7. The Kier molecular flexibility index (Phi) is 6.28. The molecule has 0 saturated heterocycles. The van der Waals surface area contributed by atoms with Gasteiger partial charge in [-0.05, 0) is 43.4 Å². The highest BCUT2D eigenvalue weighted by Crippen LogP contribution is 2.41. The number of nitrogens with zero attached hydrogens (tertiary/aromatic N) is 1. The highest BCUT2D eigenvalue weighted by molar-refractivity contribution is 8.04. The summed E-state index contributed by atoms with van der Waals surface area (Å²) in [5.74, 6) is 0.194. The molecule has 5 heteroatoms. The van der Waals surface area contributed by atoms with Crippen molar-refractivity contribution in [1.29, 1.82) is 0 Å². The Morgan fingerprint density at radius 2 is 1.87 bits per heavy atom. The minimum absolute atomic E-state index is 0.119. The monoisotopic (exact) mass is 420 g/mol. The van der Waals surface area contributed by atoms with Gasteiger partial charge in [0.2, 0.25) is 5.91 Å². The molecule has 0 bridgehead atoms. The molecule has 30 heavy (non-hydrogen) atoms. The molecule has 2 amide bonds. The first-order chi connectivity index (χ1) is 14.5. The van der Waals surface area contributed by atoms with Crippen molar-refractivity contribution in [2.45, 2.75) is 57.0 Å². The molecule has 2 atom stereocenters. The molecule has 0 unspecified atom stereocenters. The van der Waals surface area contributed by atoms with E-state index in [1.807, 2.05) is 43.3 Å². The van der Waals surface area contributed by atoms with Crippen molar-refractivity contribution in [1.82, 2.24) is 5.32 Å². The maximum absolute atomic E-state index is 13.3. The van der Waals surface area contributed by atoms with E-state index in [0.717, 1.165) is 35.4 Å². The number of fused-ring (bicyclic) bond motifs is 1. The van der Waals surface area contributed by atoms with Gasteiger partial charge < -0.3 is 10.2 Å². The summed E-state index contributed by atoms with van der Waals surface area (Å²) in [6.45, 7) is 4.72. The number of rotatable bonds is 4. The number of carbonyl (C=O) groups is 2. The number of para-hydroxylation sites is 1. The third-order valence-corrected chi connectivity index (χ3v) is 7.07. The first-order valence-electron chi connectivity index (χ1n) is 10.7. The first kappa shape index (κ1) is 20.7. The molecule has 2 aromatic rings.